The minimum absolute atomic E-state index is 0.0751. The number of thiophene rings is 1. The van der Waals surface area contributed by atoms with Crippen molar-refractivity contribution in [1.82, 2.24) is 4.90 Å². The standard InChI is InChI=1S/C20H19NO5S/c22-13-7-5-12(6-8-13)17-16(18(23)15-4-2-10-27-15)19(24)20(25)21(17)11-14-3-1-9-26-14/h2,4-8,10,14,17,22,24H,1,3,9,11H2/t14-,17+/m1/s1. The van der Waals surface area contributed by atoms with E-state index in [-0.39, 0.29) is 23.2 Å². The van der Waals surface area contributed by atoms with Crippen molar-refractivity contribution in [3.8, 4) is 5.75 Å². The van der Waals surface area contributed by atoms with E-state index in [2.05, 4.69) is 0 Å². The summed E-state index contributed by atoms with van der Waals surface area (Å²) in [4.78, 5) is 27.8. The van der Waals surface area contributed by atoms with Crippen molar-refractivity contribution >= 4 is 23.0 Å². The molecule has 2 aliphatic heterocycles. The Morgan fingerprint density at radius 1 is 1.22 bits per heavy atom. The molecule has 7 heteroatoms. The van der Waals surface area contributed by atoms with Crippen molar-refractivity contribution in [1.29, 1.82) is 0 Å². The quantitative estimate of drug-likeness (QED) is 0.772. The molecule has 1 aromatic heterocycles. The lowest BCUT2D eigenvalue weighted by molar-refractivity contribution is -0.131. The Bertz CT molecular complexity index is 882. The van der Waals surface area contributed by atoms with Gasteiger partial charge in [0.2, 0.25) is 5.78 Å². The van der Waals surface area contributed by atoms with Crippen LogP contribution in [0.5, 0.6) is 5.75 Å². The average Bonchev–Trinajstić information content (AvgIpc) is 3.41. The first-order chi connectivity index (χ1) is 13.1. The highest BCUT2D eigenvalue weighted by molar-refractivity contribution is 7.12. The van der Waals surface area contributed by atoms with E-state index in [1.165, 1.54) is 28.4 Å². The Kier molecular flexibility index (Phi) is 4.72. The maximum absolute atomic E-state index is 13.0. The third-order valence-corrected chi connectivity index (χ3v) is 5.80. The second kappa shape index (κ2) is 7.17. The summed E-state index contributed by atoms with van der Waals surface area (Å²) in [5, 5.41) is 21.9. The molecular formula is C20H19NO5S. The largest absolute Gasteiger partial charge is 0.508 e. The van der Waals surface area contributed by atoms with Gasteiger partial charge >= 0.3 is 0 Å². The van der Waals surface area contributed by atoms with E-state index in [1.54, 1.807) is 29.6 Å². The van der Waals surface area contributed by atoms with Crippen LogP contribution in [-0.4, -0.2) is 46.1 Å². The SMILES string of the molecule is O=C(C1=C(O)C(=O)N(C[C@H]2CCCO2)[C@H]1c1ccc(O)cc1)c1cccs1. The van der Waals surface area contributed by atoms with E-state index in [1.807, 2.05) is 0 Å². The molecule has 0 aliphatic carbocycles. The highest BCUT2D eigenvalue weighted by atomic mass is 32.1. The molecule has 0 saturated carbocycles. The Morgan fingerprint density at radius 2 is 2.00 bits per heavy atom. The Labute approximate surface area is 160 Å². The van der Waals surface area contributed by atoms with E-state index in [4.69, 9.17) is 4.74 Å². The van der Waals surface area contributed by atoms with E-state index in [9.17, 15) is 19.8 Å². The van der Waals surface area contributed by atoms with Gasteiger partial charge in [0.15, 0.2) is 5.76 Å². The van der Waals surface area contributed by atoms with E-state index in [0.717, 1.165) is 12.8 Å². The molecule has 1 saturated heterocycles. The predicted octanol–water partition coefficient (Wildman–Crippen LogP) is 3.21. The average molecular weight is 385 g/mol. The molecule has 1 aromatic carbocycles. The minimum Gasteiger partial charge on any atom is -0.508 e. The molecule has 140 valence electrons. The molecule has 2 atom stereocenters. The van der Waals surface area contributed by atoms with Gasteiger partial charge in [-0.05, 0) is 42.0 Å². The summed E-state index contributed by atoms with van der Waals surface area (Å²) in [5.41, 5.74) is 0.731. The summed E-state index contributed by atoms with van der Waals surface area (Å²) in [6, 6.07) is 9.06. The molecule has 0 spiro atoms. The molecule has 3 heterocycles. The fraction of sp³-hybridized carbons (Fsp3) is 0.300. The number of phenols is 1. The second-order valence-electron chi connectivity index (χ2n) is 6.66. The van der Waals surface area contributed by atoms with Crippen LogP contribution in [0.3, 0.4) is 0 Å². The number of ketones is 1. The van der Waals surface area contributed by atoms with Gasteiger partial charge in [0, 0.05) is 13.2 Å². The number of aliphatic hydroxyl groups excluding tert-OH is 1. The van der Waals surface area contributed by atoms with Gasteiger partial charge in [0.1, 0.15) is 5.75 Å². The Hall–Kier alpha value is -2.64. The molecular weight excluding hydrogens is 366 g/mol. The zero-order valence-corrected chi connectivity index (χ0v) is 15.3. The summed E-state index contributed by atoms with van der Waals surface area (Å²) < 4.78 is 5.65. The normalized spacial score (nSPS) is 22.7. The first kappa shape index (κ1) is 17.8. The number of aromatic hydroxyl groups is 1. The topological polar surface area (TPSA) is 87.1 Å². The van der Waals surface area contributed by atoms with Crippen LogP contribution in [0.2, 0.25) is 0 Å². The van der Waals surface area contributed by atoms with Crippen molar-refractivity contribution < 1.29 is 24.5 Å². The van der Waals surface area contributed by atoms with Crippen molar-refractivity contribution in [2.45, 2.75) is 25.0 Å². The summed E-state index contributed by atoms with van der Waals surface area (Å²) in [7, 11) is 0. The van der Waals surface area contributed by atoms with Crippen molar-refractivity contribution in [3.05, 3.63) is 63.6 Å². The zero-order valence-electron chi connectivity index (χ0n) is 14.5. The Balaban J connectivity index is 1.75. The number of amides is 1. The van der Waals surface area contributed by atoms with Crippen LogP contribution in [0.25, 0.3) is 0 Å². The molecule has 1 amide bonds. The third kappa shape index (κ3) is 3.24. The molecule has 4 rings (SSSR count). The van der Waals surface area contributed by atoms with Crippen molar-refractivity contribution in [2.24, 2.45) is 0 Å². The smallest absolute Gasteiger partial charge is 0.290 e. The number of rotatable bonds is 5. The van der Waals surface area contributed by atoms with Crippen LogP contribution < -0.4 is 0 Å². The van der Waals surface area contributed by atoms with Crippen molar-refractivity contribution in [3.63, 3.8) is 0 Å². The van der Waals surface area contributed by atoms with Crippen LogP contribution in [0.15, 0.2) is 53.1 Å². The van der Waals surface area contributed by atoms with Gasteiger partial charge in [-0.15, -0.1) is 11.3 Å². The number of aliphatic hydroxyl groups is 1. The minimum atomic E-state index is -0.711. The van der Waals surface area contributed by atoms with Gasteiger partial charge in [-0.25, -0.2) is 0 Å². The highest BCUT2D eigenvalue weighted by Gasteiger charge is 2.45. The maximum atomic E-state index is 13.0. The number of phenolic OH excluding ortho intramolecular Hbond substituents is 1. The molecule has 0 radical (unpaired) electrons. The van der Waals surface area contributed by atoms with Crippen LogP contribution in [-0.2, 0) is 9.53 Å². The summed E-state index contributed by atoms with van der Waals surface area (Å²) >= 11 is 1.27. The summed E-state index contributed by atoms with van der Waals surface area (Å²) in [6.45, 7) is 0.951. The number of benzene rings is 1. The molecule has 0 bridgehead atoms. The fourth-order valence-electron chi connectivity index (χ4n) is 3.63. The number of ether oxygens (including phenoxy) is 1. The molecule has 27 heavy (non-hydrogen) atoms. The first-order valence-electron chi connectivity index (χ1n) is 8.79. The van der Waals surface area contributed by atoms with Crippen molar-refractivity contribution in [2.75, 3.05) is 13.2 Å². The van der Waals surface area contributed by atoms with Gasteiger partial charge in [0.25, 0.3) is 5.91 Å². The molecule has 6 nitrogen and oxygen atoms in total. The lowest BCUT2D eigenvalue weighted by Crippen LogP contribution is -2.37. The van der Waals surface area contributed by atoms with Crippen LogP contribution >= 0.6 is 11.3 Å². The number of hydrogen-bond acceptors (Lipinski definition) is 6. The van der Waals surface area contributed by atoms with Crippen LogP contribution in [0.1, 0.15) is 34.1 Å². The highest BCUT2D eigenvalue weighted by Crippen LogP contribution is 2.40. The van der Waals surface area contributed by atoms with E-state index >= 15 is 0 Å². The fourth-order valence-corrected chi connectivity index (χ4v) is 4.30. The summed E-state index contributed by atoms with van der Waals surface area (Å²) in [6.07, 6.45) is 1.65. The van der Waals surface area contributed by atoms with E-state index < -0.39 is 17.7 Å². The molecule has 2 aromatic rings. The predicted molar refractivity (Wildman–Crippen MR) is 99.8 cm³/mol. The lowest BCUT2D eigenvalue weighted by Gasteiger charge is -2.28. The van der Waals surface area contributed by atoms with E-state index in [0.29, 0.717) is 23.6 Å². The molecule has 2 aliphatic rings. The summed E-state index contributed by atoms with van der Waals surface area (Å²) in [5.74, 6) is -1.34. The molecule has 2 N–H and O–H groups in total. The van der Waals surface area contributed by atoms with Crippen LogP contribution in [0, 0.1) is 0 Å². The van der Waals surface area contributed by atoms with Gasteiger partial charge in [-0.1, -0.05) is 18.2 Å². The van der Waals surface area contributed by atoms with Gasteiger partial charge in [0.05, 0.1) is 22.6 Å². The maximum Gasteiger partial charge on any atom is 0.290 e. The number of carbonyl (C=O) groups is 2. The van der Waals surface area contributed by atoms with Crippen LogP contribution in [0.4, 0.5) is 0 Å². The zero-order chi connectivity index (χ0) is 19.0. The number of nitrogens with zero attached hydrogens (tertiary/aromatic N) is 1. The molecule has 0 unspecified atom stereocenters. The number of hydrogen-bond donors (Lipinski definition) is 2. The number of Topliss-reactive ketones (excluding diaryl/α,β-unsaturated/α-hetero) is 1. The van der Waals surface area contributed by atoms with Gasteiger partial charge in [-0.2, -0.15) is 0 Å². The molecule has 1 fully saturated rings. The second-order valence-corrected chi connectivity index (χ2v) is 7.60. The monoisotopic (exact) mass is 385 g/mol. The Morgan fingerprint density at radius 3 is 2.63 bits per heavy atom. The third-order valence-electron chi connectivity index (χ3n) is 4.93. The lowest BCUT2D eigenvalue weighted by atomic mass is 9.95. The van der Waals surface area contributed by atoms with Gasteiger partial charge in [-0.3, -0.25) is 9.59 Å². The van der Waals surface area contributed by atoms with Gasteiger partial charge < -0.3 is 19.8 Å². The number of carbonyl (C=O) groups excluding carboxylic acids is 2. The first-order valence-corrected chi connectivity index (χ1v) is 9.67.